The van der Waals surface area contributed by atoms with Gasteiger partial charge < -0.3 is 19.8 Å². The number of aromatic amines is 1. The number of aliphatic hydroxyl groups excluding tert-OH is 1. The third kappa shape index (κ3) is 6.01. The number of rotatable bonds is 8. The maximum absolute atomic E-state index is 13.2. The highest BCUT2D eigenvalue weighted by Crippen LogP contribution is 2.33. The first kappa shape index (κ1) is 25.2. The van der Waals surface area contributed by atoms with Gasteiger partial charge in [0.05, 0.1) is 12.6 Å². The van der Waals surface area contributed by atoms with Gasteiger partial charge in [-0.15, -0.1) is 0 Å². The van der Waals surface area contributed by atoms with Gasteiger partial charge in [0.1, 0.15) is 18.0 Å². The summed E-state index contributed by atoms with van der Waals surface area (Å²) >= 11 is 0. The molecule has 1 amide bonds. The van der Waals surface area contributed by atoms with Crippen molar-refractivity contribution in [3.8, 4) is 5.75 Å². The van der Waals surface area contributed by atoms with Gasteiger partial charge in [-0.1, -0.05) is 6.07 Å². The summed E-state index contributed by atoms with van der Waals surface area (Å²) in [6.07, 6.45) is 3.44. The monoisotopic (exact) mass is 486 g/mol. The molecule has 190 valence electrons. The highest BCUT2D eigenvalue weighted by atomic mass is 16.5. The van der Waals surface area contributed by atoms with Crippen molar-refractivity contribution in [2.24, 2.45) is 0 Å². The van der Waals surface area contributed by atoms with Crippen LogP contribution in [0.5, 0.6) is 5.75 Å². The average Bonchev–Trinajstić information content (AvgIpc) is 3.36. The molecule has 2 heterocycles. The van der Waals surface area contributed by atoms with Crippen LogP contribution in [0, 0.1) is 0 Å². The van der Waals surface area contributed by atoms with Crippen LogP contribution in [0.15, 0.2) is 46.1 Å². The van der Waals surface area contributed by atoms with Gasteiger partial charge in [-0.05, 0) is 63.4 Å². The zero-order valence-electron chi connectivity index (χ0n) is 20.1. The van der Waals surface area contributed by atoms with Crippen LogP contribution < -0.4 is 16.0 Å². The van der Waals surface area contributed by atoms with E-state index >= 15 is 0 Å². The summed E-state index contributed by atoms with van der Waals surface area (Å²) in [5.74, 6) is 0.460. The van der Waals surface area contributed by atoms with Gasteiger partial charge in [0, 0.05) is 37.5 Å². The van der Waals surface area contributed by atoms with E-state index in [0.717, 1.165) is 19.6 Å². The Morgan fingerprint density at radius 3 is 2.74 bits per heavy atom. The van der Waals surface area contributed by atoms with Crippen LogP contribution in [0.2, 0.25) is 0 Å². The number of hydrogen-bond donors (Lipinski definition) is 3. The molecule has 2 aliphatic rings. The molecule has 0 radical (unpaired) electrons. The van der Waals surface area contributed by atoms with E-state index in [-0.39, 0.29) is 31.3 Å². The lowest BCUT2D eigenvalue weighted by atomic mass is 9.79. The second-order valence-corrected chi connectivity index (χ2v) is 9.63. The van der Waals surface area contributed by atoms with Gasteiger partial charge in [-0.2, -0.15) is 0 Å². The van der Waals surface area contributed by atoms with E-state index in [0.29, 0.717) is 24.3 Å². The maximum atomic E-state index is 13.2. The van der Waals surface area contributed by atoms with E-state index in [1.165, 1.54) is 29.7 Å². The van der Waals surface area contributed by atoms with Crippen LogP contribution in [0.25, 0.3) is 0 Å². The highest BCUT2D eigenvalue weighted by molar-refractivity contribution is 5.94. The Bertz CT molecular complexity index is 1140. The van der Waals surface area contributed by atoms with Crippen molar-refractivity contribution in [3.05, 3.63) is 62.9 Å². The molecule has 3 N–H and O–H groups in total. The lowest BCUT2D eigenvalue weighted by Crippen LogP contribution is -2.55. The van der Waals surface area contributed by atoms with Crippen molar-refractivity contribution in [2.75, 3.05) is 33.3 Å². The van der Waals surface area contributed by atoms with Crippen LogP contribution in [0.3, 0.4) is 0 Å². The topological polar surface area (TPSA) is 128 Å². The van der Waals surface area contributed by atoms with Crippen molar-refractivity contribution in [1.82, 2.24) is 19.4 Å². The number of benzene rings is 1. The Morgan fingerprint density at radius 2 is 2.03 bits per heavy atom. The van der Waals surface area contributed by atoms with Gasteiger partial charge in [0.25, 0.3) is 11.5 Å². The quantitative estimate of drug-likeness (QED) is 0.494. The van der Waals surface area contributed by atoms with E-state index in [2.05, 4.69) is 9.88 Å². The number of likely N-dealkylation sites (tertiary alicyclic amines) is 1. The molecule has 0 bridgehead atoms. The SMILES string of the molecule is CN(C(=O)c1cccc(OCCN2CCCC2)c1)[C@H]1CC[C@@](O)(Cn2ccc(=O)[nH]c2=O)[C@H](O)C1. The van der Waals surface area contributed by atoms with Crippen molar-refractivity contribution >= 4 is 5.91 Å². The molecular weight excluding hydrogens is 452 g/mol. The smallest absolute Gasteiger partial charge is 0.328 e. The number of amides is 1. The number of carbonyl (C=O) groups is 1. The van der Waals surface area contributed by atoms with Gasteiger partial charge in [0.2, 0.25) is 0 Å². The molecule has 1 aromatic heterocycles. The number of ether oxygens (including phenoxy) is 1. The first-order valence-corrected chi connectivity index (χ1v) is 12.2. The van der Waals surface area contributed by atoms with Crippen LogP contribution in [0.4, 0.5) is 0 Å². The fourth-order valence-electron chi connectivity index (χ4n) is 4.97. The summed E-state index contributed by atoms with van der Waals surface area (Å²) < 4.78 is 7.04. The van der Waals surface area contributed by atoms with Gasteiger partial charge in [-0.3, -0.25) is 24.0 Å². The molecule has 2 aromatic rings. The van der Waals surface area contributed by atoms with Crippen LogP contribution >= 0.6 is 0 Å². The van der Waals surface area contributed by atoms with Crippen LogP contribution in [-0.2, 0) is 6.54 Å². The van der Waals surface area contributed by atoms with Crippen LogP contribution in [0.1, 0.15) is 42.5 Å². The molecule has 4 rings (SSSR count). The minimum atomic E-state index is -1.54. The van der Waals surface area contributed by atoms with Crippen molar-refractivity contribution in [1.29, 1.82) is 0 Å². The molecular formula is C25H34N4O6. The lowest BCUT2D eigenvalue weighted by Gasteiger charge is -2.43. The zero-order valence-corrected chi connectivity index (χ0v) is 20.1. The van der Waals surface area contributed by atoms with Crippen molar-refractivity contribution in [2.45, 2.75) is 56.4 Å². The predicted octanol–water partition coefficient (Wildman–Crippen LogP) is 0.428. The number of H-pyrrole nitrogens is 1. The van der Waals surface area contributed by atoms with Crippen molar-refractivity contribution < 1.29 is 19.7 Å². The largest absolute Gasteiger partial charge is 0.492 e. The molecule has 35 heavy (non-hydrogen) atoms. The van der Waals surface area contributed by atoms with E-state index in [9.17, 15) is 24.6 Å². The second kappa shape index (κ2) is 10.8. The van der Waals surface area contributed by atoms with Crippen molar-refractivity contribution in [3.63, 3.8) is 0 Å². The normalized spacial score (nSPS) is 24.9. The Balaban J connectivity index is 1.34. The standard InChI is InChI=1S/C25H34N4O6/c1-27(23(32)18-5-4-6-20(15-18)35-14-13-28-10-2-3-11-28)19-7-9-25(34,21(30)16-19)17-29-12-8-22(31)26-24(29)33/h4-6,8,12,15,19,21,30,34H,2-3,7,9-11,13-14,16-17H2,1H3,(H,26,31,33)/t19-,21+,25+/m0/s1. The molecule has 10 heteroatoms. The Labute approximate surface area is 203 Å². The summed E-state index contributed by atoms with van der Waals surface area (Å²) in [4.78, 5) is 42.5. The van der Waals surface area contributed by atoms with Crippen LogP contribution in [-0.4, -0.2) is 86.5 Å². The summed E-state index contributed by atoms with van der Waals surface area (Å²) in [6, 6.07) is 8.03. The number of aliphatic hydroxyl groups is 2. The molecule has 0 unspecified atom stereocenters. The molecule has 2 fully saturated rings. The Kier molecular flexibility index (Phi) is 7.73. The van der Waals surface area contributed by atoms with E-state index in [1.54, 1.807) is 30.1 Å². The van der Waals surface area contributed by atoms with E-state index < -0.39 is 23.0 Å². The maximum Gasteiger partial charge on any atom is 0.328 e. The van der Waals surface area contributed by atoms with E-state index in [4.69, 9.17) is 4.74 Å². The first-order valence-electron chi connectivity index (χ1n) is 12.2. The molecule has 3 atom stereocenters. The first-order chi connectivity index (χ1) is 16.7. The second-order valence-electron chi connectivity index (χ2n) is 9.63. The molecule has 10 nitrogen and oxygen atoms in total. The Morgan fingerprint density at radius 1 is 1.26 bits per heavy atom. The zero-order chi connectivity index (χ0) is 25.0. The fourth-order valence-corrected chi connectivity index (χ4v) is 4.97. The summed E-state index contributed by atoms with van der Waals surface area (Å²) in [6.45, 7) is 3.50. The number of nitrogens with one attached hydrogen (secondary N) is 1. The number of nitrogens with zero attached hydrogens (tertiary/aromatic N) is 3. The molecule has 1 aromatic carbocycles. The molecule has 0 spiro atoms. The predicted molar refractivity (Wildman–Crippen MR) is 130 cm³/mol. The van der Waals surface area contributed by atoms with Gasteiger partial charge >= 0.3 is 5.69 Å². The summed E-state index contributed by atoms with van der Waals surface area (Å²) in [5.41, 5.74) is -2.20. The number of aromatic nitrogens is 2. The minimum Gasteiger partial charge on any atom is -0.492 e. The number of carbonyl (C=O) groups excluding carboxylic acids is 1. The fraction of sp³-hybridized carbons (Fsp3) is 0.560. The van der Waals surface area contributed by atoms with E-state index in [1.807, 2.05) is 6.07 Å². The molecule has 1 saturated heterocycles. The Hall–Kier alpha value is -2.95. The summed E-state index contributed by atoms with van der Waals surface area (Å²) in [7, 11) is 1.69. The molecule has 1 saturated carbocycles. The highest BCUT2D eigenvalue weighted by Gasteiger charge is 2.43. The molecule has 1 aliphatic carbocycles. The lowest BCUT2D eigenvalue weighted by molar-refractivity contribution is -0.122. The van der Waals surface area contributed by atoms with Gasteiger partial charge in [-0.25, -0.2) is 4.79 Å². The third-order valence-electron chi connectivity index (χ3n) is 7.19. The third-order valence-corrected chi connectivity index (χ3v) is 7.19. The average molecular weight is 487 g/mol. The molecule has 1 aliphatic heterocycles. The summed E-state index contributed by atoms with van der Waals surface area (Å²) in [5, 5.41) is 21.8. The number of hydrogen-bond acceptors (Lipinski definition) is 7. The minimum absolute atomic E-state index is 0.148. The van der Waals surface area contributed by atoms with Gasteiger partial charge in [0.15, 0.2) is 0 Å².